The van der Waals surface area contributed by atoms with E-state index < -0.39 is 0 Å². The van der Waals surface area contributed by atoms with Gasteiger partial charge in [-0.25, -0.2) is 0 Å². The van der Waals surface area contributed by atoms with Crippen LogP contribution in [-0.2, 0) is 6.42 Å². The zero-order valence-corrected chi connectivity index (χ0v) is 11.4. The third-order valence-corrected chi connectivity index (χ3v) is 3.03. The summed E-state index contributed by atoms with van der Waals surface area (Å²) >= 11 is 0. The summed E-state index contributed by atoms with van der Waals surface area (Å²) < 4.78 is 0. The Labute approximate surface area is 114 Å². The number of benzene rings is 1. The van der Waals surface area contributed by atoms with Crippen molar-refractivity contribution < 1.29 is 0 Å². The highest BCUT2D eigenvalue weighted by molar-refractivity contribution is 5.37. The fourth-order valence-electron chi connectivity index (χ4n) is 2.02. The molecule has 0 aliphatic rings. The number of H-pyrrole nitrogens is 1. The van der Waals surface area contributed by atoms with Gasteiger partial charge in [0.1, 0.15) is 0 Å². The first-order chi connectivity index (χ1) is 9.34. The second kappa shape index (κ2) is 7.59. The van der Waals surface area contributed by atoms with E-state index in [2.05, 4.69) is 52.0 Å². The lowest BCUT2D eigenvalue weighted by Gasteiger charge is -2.06. The average molecular weight is 258 g/mol. The maximum Gasteiger partial charge on any atom is 0.0723 e. The van der Waals surface area contributed by atoms with E-state index in [0.29, 0.717) is 0 Å². The van der Waals surface area contributed by atoms with Gasteiger partial charge in [-0.1, -0.05) is 29.8 Å². The van der Waals surface area contributed by atoms with Crippen LogP contribution >= 0.6 is 0 Å². The molecule has 102 valence electrons. The number of aryl methyl sites for hydroxylation is 1. The van der Waals surface area contributed by atoms with Gasteiger partial charge in [0, 0.05) is 12.7 Å². The quantitative estimate of drug-likeness (QED) is 0.637. The number of anilines is 1. The van der Waals surface area contributed by atoms with Crippen LogP contribution in [0.3, 0.4) is 0 Å². The van der Waals surface area contributed by atoms with Crippen molar-refractivity contribution in [1.82, 2.24) is 15.5 Å². The maximum atomic E-state index is 3.89. The van der Waals surface area contributed by atoms with Gasteiger partial charge in [0.2, 0.25) is 0 Å². The molecule has 0 amide bonds. The van der Waals surface area contributed by atoms with Crippen LogP contribution in [0.15, 0.2) is 36.7 Å². The molecule has 0 fully saturated rings. The van der Waals surface area contributed by atoms with Crippen molar-refractivity contribution in [2.45, 2.75) is 19.8 Å². The maximum absolute atomic E-state index is 3.89. The number of aromatic nitrogens is 2. The van der Waals surface area contributed by atoms with Gasteiger partial charge in [-0.2, -0.15) is 5.10 Å². The summed E-state index contributed by atoms with van der Waals surface area (Å²) in [5.74, 6) is 0. The topological polar surface area (TPSA) is 52.7 Å². The summed E-state index contributed by atoms with van der Waals surface area (Å²) in [5, 5.41) is 13.5. The number of rotatable bonds is 8. The van der Waals surface area contributed by atoms with Crippen LogP contribution in [0.2, 0.25) is 0 Å². The molecule has 0 bridgehead atoms. The minimum absolute atomic E-state index is 0.969. The monoisotopic (exact) mass is 258 g/mol. The molecule has 2 rings (SSSR count). The van der Waals surface area contributed by atoms with Gasteiger partial charge in [0.15, 0.2) is 0 Å². The lowest BCUT2D eigenvalue weighted by atomic mass is 10.1. The lowest BCUT2D eigenvalue weighted by Crippen LogP contribution is -2.20. The Morgan fingerprint density at radius 2 is 2.16 bits per heavy atom. The second-order valence-corrected chi connectivity index (χ2v) is 4.76. The van der Waals surface area contributed by atoms with E-state index in [1.54, 1.807) is 6.20 Å². The first-order valence-electron chi connectivity index (χ1n) is 6.83. The van der Waals surface area contributed by atoms with Crippen molar-refractivity contribution in [1.29, 1.82) is 0 Å². The molecule has 4 nitrogen and oxygen atoms in total. The standard InChI is InChI=1S/C15H22N4/c1-13-4-2-5-14(10-13)6-9-16-7-3-8-17-15-11-18-19-12-15/h2,4-5,10-12,16-17H,3,6-9H2,1H3,(H,18,19). The van der Waals surface area contributed by atoms with E-state index >= 15 is 0 Å². The summed E-state index contributed by atoms with van der Waals surface area (Å²) in [7, 11) is 0. The molecule has 0 atom stereocenters. The van der Waals surface area contributed by atoms with E-state index in [1.807, 2.05) is 6.20 Å². The molecule has 0 saturated carbocycles. The van der Waals surface area contributed by atoms with E-state index in [9.17, 15) is 0 Å². The minimum atomic E-state index is 0.969. The Morgan fingerprint density at radius 3 is 2.95 bits per heavy atom. The summed E-state index contributed by atoms with van der Waals surface area (Å²) in [4.78, 5) is 0. The second-order valence-electron chi connectivity index (χ2n) is 4.76. The number of aromatic amines is 1. The third kappa shape index (κ3) is 5.14. The van der Waals surface area contributed by atoms with Gasteiger partial charge in [0.25, 0.3) is 0 Å². The molecule has 1 aromatic heterocycles. The fourth-order valence-corrected chi connectivity index (χ4v) is 2.02. The van der Waals surface area contributed by atoms with E-state index in [1.165, 1.54) is 11.1 Å². The Bertz CT molecular complexity index is 465. The first kappa shape index (κ1) is 13.6. The Morgan fingerprint density at radius 1 is 1.21 bits per heavy atom. The van der Waals surface area contributed by atoms with Gasteiger partial charge in [-0.3, -0.25) is 5.10 Å². The Balaban J connectivity index is 1.50. The van der Waals surface area contributed by atoms with E-state index in [-0.39, 0.29) is 0 Å². The van der Waals surface area contributed by atoms with Crippen molar-refractivity contribution in [2.24, 2.45) is 0 Å². The molecule has 1 heterocycles. The van der Waals surface area contributed by atoms with Gasteiger partial charge >= 0.3 is 0 Å². The molecular weight excluding hydrogens is 236 g/mol. The minimum Gasteiger partial charge on any atom is -0.382 e. The SMILES string of the molecule is Cc1cccc(CCNCCCNc2cn[nH]c2)c1. The lowest BCUT2D eigenvalue weighted by molar-refractivity contribution is 0.660. The largest absolute Gasteiger partial charge is 0.382 e. The van der Waals surface area contributed by atoms with Crippen molar-refractivity contribution in [3.63, 3.8) is 0 Å². The molecule has 4 heteroatoms. The van der Waals surface area contributed by atoms with Crippen LogP contribution in [0.1, 0.15) is 17.5 Å². The van der Waals surface area contributed by atoms with Crippen LogP contribution in [0.5, 0.6) is 0 Å². The molecule has 19 heavy (non-hydrogen) atoms. The molecule has 1 aromatic carbocycles. The van der Waals surface area contributed by atoms with Crippen molar-refractivity contribution in [3.8, 4) is 0 Å². The zero-order chi connectivity index (χ0) is 13.3. The molecule has 0 spiro atoms. The van der Waals surface area contributed by atoms with Crippen LogP contribution in [0.4, 0.5) is 5.69 Å². The van der Waals surface area contributed by atoms with Crippen LogP contribution in [0, 0.1) is 6.92 Å². The van der Waals surface area contributed by atoms with Gasteiger partial charge in [0.05, 0.1) is 11.9 Å². The van der Waals surface area contributed by atoms with Crippen LogP contribution < -0.4 is 10.6 Å². The van der Waals surface area contributed by atoms with Crippen molar-refractivity contribution >= 4 is 5.69 Å². The molecule has 0 unspecified atom stereocenters. The van der Waals surface area contributed by atoms with Gasteiger partial charge in [-0.05, 0) is 38.4 Å². The highest BCUT2D eigenvalue weighted by atomic mass is 15.1. The molecule has 0 aliphatic heterocycles. The summed E-state index contributed by atoms with van der Waals surface area (Å²) in [5.41, 5.74) is 3.80. The summed E-state index contributed by atoms with van der Waals surface area (Å²) in [6.07, 6.45) is 5.87. The normalized spacial score (nSPS) is 10.6. The fraction of sp³-hybridized carbons (Fsp3) is 0.400. The molecule has 3 N–H and O–H groups in total. The average Bonchev–Trinajstić information content (AvgIpc) is 2.91. The molecular formula is C15H22N4. The number of hydrogen-bond acceptors (Lipinski definition) is 3. The van der Waals surface area contributed by atoms with Gasteiger partial charge < -0.3 is 10.6 Å². The van der Waals surface area contributed by atoms with E-state index in [0.717, 1.165) is 38.2 Å². The first-order valence-corrected chi connectivity index (χ1v) is 6.83. The highest BCUT2D eigenvalue weighted by Gasteiger charge is 1.94. The highest BCUT2D eigenvalue weighted by Crippen LogP contribution is 2.04. The van der Waals surface area contributed by atoms with Crippen molar-refractivity contribution in [3.05, 3.63) is 47.8 Å². The smallest absolute Gasteiger partial charge is 0.0723 e. The summed E-state index contributed by atoms with van der Waals surface area (Å²) in [6.45, 7) is 5.18. The Kier molecular flexibility index (Phi) is 5.44. The van der Waals surface area contributed by atoms with Gasteiger partial charge in [-0.15, -0.1) is 0 Å². The zero-order valence-electron chi connectivity index (χ0n) is 11.4. The van der Waals surface area contributed by atoms with Crippen LogP contribution in [0.25, 0.3) is 0 Å². The number of hydrogen-bond donors (Lipinski definition) is 3. The Hall–Kier alpha value is -1.81. The predicted octanol–water partition coefficient (Wildman–Crippen LogP) is 2.35. The molecule has 0 radical (unpaired) electrons. The molecule has 0 saturated heterocycles. The molecule has 2 aromatic rings. The number of nitrogens with zero attached hydrogens (tertiary/aromatic N) is 1. The van der Waals surface area contributed by atoms with E-state index in [4.69, 9.17) is 0 Å². The third-order valence-electron chi connectivity index (χ3n) is 3.03. The van der Waals surface area contributed by atoms with Crippen molar-refractivity contribution in [2.75, 3.05) is 25.0 Å². The predicted molar refractivity (Wildman–Crippen MR) is 79.4 cm³/mol. The number of nitrogens with one attached hydrogen (secondary N) is 3. The molecule has 0 aliphatic carbocycles. The summed E-state index contributed by atoms with van der Waals surface area (Å²) in [6, 6.07) is 8.70. The van der Waals surface area contributed by atoms with Crippen LogP contribution in [-0.4, -0.2) is 29.8 Å².